The Hall–Kier alpha value is -1.51. The number of aryl methyl sites for hydroxylation is 2. The van der Waals surface area contributed by atoms with Crippen molar-refractivity contribution in [3.63, 3.8) is 0 Å². The van der Waals surface area contributed by atoms with Crippen LogP contribution in [0.2, 0.25) is 0 Å². The third-order valence-electron chi connectivity index (χ3n) is 3.02. The van der Waals surface area contributed by atoms with Crippen molar-refractivity contribution in [1.29, 1.82) is 0 Å². The molecule has 1 aromatic carbocycles. The Morgan fingerprint density at radius 2 is 1.94 bits per heavy atom. The molecule has 0 bridgehead atoms. The van der Waals surface area contributed by atoms with E-state index in [2.05, 4.69) is 17.4 Å². The van der Waals surface area contributed by atoms with Gasteiger partial charge in [-0.2, -0.15) is 0 Å². The second kappa shape index (κ2) is 4.78. The molecular weight excluding hydrogens is 214 g/mol. The quantitative estimate of drug-likeness (QED) is 0.843. The number of hydrogen-bond donors (Lipinski definition) is 2. The van der Waals surface area contributed by atoms with Crippen LogP contribution in [-0.4, -0.2) is 18.1 Å². The van der Waals surface area contributed by atoms with Crippen LogP contribution in [0, 0.1) is 13.8 Å². The van der Waals surface area contributed by atoms with Gasteiger partial charge in [-0.05, 0) is 36.6 Å². The Morgan fingerprint density at radius 1 is 1.35 bits per heavy atom. The topological polar surface area (TPSA) is 49.3 Å². The molecular formula is C14H21NO2. The van der Waals surface area contributed by atoms with E-state index < -0.39 is 5.97 Å². The second-order valence-corrected chi connectivity index (χ2v) is 5.21. The van der Waals surface area contributed by atoms with Crippen molar-refractivity contribution in [3.05, 3.63) is 28.8 Å². The Labute approximate surface area is 103 Å². The SMILES string of the molecule is CNc1cc(C)cc(C)c1C(C)(C)CC(=O)O. The molecule has 0 atom stereocenters. The normalized spacial score (nSPS) is 11.4. The Bertz CT molecular complexity index is 436. The molecule has 0 aliphatic carbocycles. The molecule has 0 amide bonds. The van der Waals surface area contributed by atoms with Gasteiger partial charge in [-0.15, -0.1) is 0 Å². The van der Waals surface area contributed by atoms with Crippen molar-refractivity contribution in [2.45, 2.75) is 39.5 Å². The van der Waals surface area contributed by atoms with Crippen LogP contribution in [0.1, 0.15) is 37.0 Å². The summed E-state index contributed by atoms with van der Waals surface area (Å²) in [6.07, 6.45) is 0.131. The van der Waals surface area contributed by atoms with Gasteiger partial charge in [-0.1, -0.05) is 19.9 Å². The van der Waals surface area contributed by atoms with Crippen LogP contribution in [0.5, 0.6) is 0 Å². The van der Waals surface area contributed by atoms with Crippen molar-refractivity contribution in [3.8, 4) is 0 Å². The molecule has 0 fully saturated rings. The van der Waals surface area contributed by atoms with Gasteiger partial charge in [0.1, 0.15) is 0 Å². The molecule has 0 heterocycles. The van der Waals surface area contributed by atoms with Crippen LogP contribution in [0.4, 0.5) is 5.69 Å². The van der Waals surface area contributed by atoms with Crippen LogP contribution < -0.4 is 5.32 Å². The maximum atomic E-state index is 10.9. The summed E-state index contributed by atoms with van der Waals surface area (Å²) in [6, 6.07) is 4.16. The van der Waals surface area contributed by atoms with E-state index in [0.29, 0.717) is 0 Å². The van der Waals surface area contributed by atoms with Crippen molar-refractivity contribution >= 4 is 11.7 Å². The molecule has 0 spiro atoms. The fourth-order valence-corrected chi connectivity index (χ4v) is 2.53. The molecule has 0 aliphatic heterocycles. The van der Waals surface area contributed by atoms with Crippen molar-refractivity contribution in [1.82, 2.24) is 0 Å². The van der Waals surface area contributed by atoms with E-state index in [1.807, 2.05) is 34.7 Å². The summed E-state index contributed by atoms with van der Waals surface area (Å²) < 4.78 is 0. The third-order valence-corrected chi connectivity index (χ3v) is 3.02. The average molecular weight is 235 g/mol. The highest BCUT2D eigenvalue weighted by atomic mass is 16.4. The fraction of sp³-hybridized carbons (Fsp3) is 0.500. The lowest BCUT2D eigenvalue weighted by Gasteiger charge is -2.28. The highest BCUT2D eigenvalue weighted by Gasteiger charge is 2.28. The van der Waals surface area contributed by atoms with Gasteiger partial charge in [-0.25, -0.2) is 0 Å². The summed E-state index contributed by atoms with van der Waals surface area (Å²) in [7, 11) is 1.87. The smallest absolute Gasteiger partial charge is 0.304 e. The highest BCUT2D eigenvalue weighted by Crippen LogP contribution is 2.36. The molecule has 0 saturated carbocycles. The number of nitrogens with one attached hydrogen (secondary N) is 1. The number of carboxylic acids is 1. The summed E-state index contributed by atoms with van der Waals surface area (Å²) in [4.78, 5) is 10.9. The van der Waals surface area contributed by atoms with Crippen LogP contribution in [0.25, 0.3) is 0 Å². The van der Waals surface area contributed by atoms with E-state index in [9.17, 15) is 4.79 Å². The third kappa shape index (κ3) is 2.99. The Balaban J connectivity index is 3.33. The van der Waals surface area contributed by atoms with Gasteiger partial charge in [0.15, 0.2) is 0 Å². The lowest BCUT2D eigenvalue weighted by atomic mass is 9.78. The average Bonchev–Trinajstić information content (AvgIpc) is 2.13. The zero-order chi connectivity index (χ0) is 13.2. The van der Waals surface area contributed by atoms with E-state index in [0.717, 1.165) is 16.8 Å². The first kappa shape index (κ1) is 13.6. The minimum Gasteiger partial charge on any atom is -0.481 e. The first-order valence-corrected chi connectivity index (χ1v) is 5.79. The number of rotatable bonds is 4. The maximum absolute atomic E-state index is 10.9. The molecule has 0 unspecified atom stereocenters. The van der Waals surface area contributed by atoms with Gasteiger partial charge in [0.05, 0.1) is 6.42 Å². The van der Waals surface area contributed by atoms with Crippen molar-refractivity contribution < 1.29 is 9.90 Å². The molecule has 3 heteroatoms. The van der Waals surface area contributed by atoms with Gasteiger partial charge in [0.25, 0.3) is 0 Å². The lowest BCUT2D eigenvalue weighted by Crippen LogP contribution is -2.24. The summed E-state index contributed by atoms with van der Waals surface area (Å²) in [6.45, 7) is 8.02. The van der Waals surface area contributed by atoms with E-state index in [1.54, 1.807) is 0 Å². The molecule has 0 saturated heterocycles. The minimum atomic E-state index is -0.767. The highest BCUT2D eigenvalue weighted by molar-refractivity contribution is 5.71. The molecule has 0 radical (unpaired) electrons. The van der Waals surface area contributed by atoms with E-state index >= 15 is 0 Å². The minimum absolute atomic E-state index is 0.131. The molecule has 0 aliphatic rings. The predicted octanol–water partition coefficient (Wildman–Crippen LogP) is 3.10. The number of carbonyl (C=O) groups is 1. The second-order valence-electron chi connectivity index (χ2n) is 5.21. The number of aliphatic carboxylic acids is 1. The van der Waals surface area contributed by atoms with Crippen LogP contribution >= 0.6 is 0 Å². The van der Waals surface area contributed by atoms with Crippen LogP contribution in [0.15, 0.2) is 12.1 Å². The van der Waals surface area contributed by atoms with Gasteiger partial charge in [0, 0.05) is 18.2 Å². The maximum Gasteiger partial charge on any atom is 0.304 e. The molecule has 0 aromatic heterocycles. The Morgan fingerprint density at radius 3 is 2.41 bits per heavy atom. The molecule has 17 heavy (non-hydrogen) atoms. The van der Waals surface area contributed by atoms with Gasteiger partial charge in [-0.3, -0.25) is 4.79 Å². The molecule has 1 rings (SSSR count). The number of hydrogen-bond acceptors (Lipinski definition) is 2. The molecule has 1 aromatic rings. The van der Waals surface area contributed by atoms with E-state index in [-0.39, 0.29) is 11.8 Å². The summed E-state index contributed by atoms with van der Waals surface area (Å²) >= 11 is 0. The van der Waals surface area contributed by atoms with Crippen LogP contribution in [-0.2, 0) is 10.2 Å². The monoisotopic (exact) mass is 235 g/mol. The largest absolute Gasteiger partial charge is 0.481 e. The summed E-state index contributed by atoms with van der Waals surface area (Å²) in [5.41, 5.74) is 4.06. The first-order chi connectivity index (χ1) is 7.77. The lowest BCUT2D eigenvalue weighted by molar-refractivity contribution is -0.138. The van der Waals surface area contributed by atoms with Crippen molar-refractivity contribution in [2.24, 2.45) is 0 Å². The fourth-order valence-electron chi connectivity index (χ4n) is 2.53. The van der Waals surface area contributed by atoms with E-state index in [4.69, 9.17) is 5.11 Å². The van der Waals surface area contributed by atoms with Gasteiger partial charge >= 0.3 is 5.97 Å². The predicted molar refractivity (Wildman–Crippen MR) is 70.7 cm³/mol. The molecule has 94 valence electrons. The standard InChI is InChI=1S/C14H21NO2/c1-9-6-10(2)13(11(7-9)15-5)14(3,4)8-12(16)17/h6-7,15H,8H2,1-5H3,(H,16,17). The zero-order valence-corrected chi connectivity index (χ0v) is 11.2. The van der Waals surface area contributed by atoms with Crippen molar-refractivity contribution in [2.75, 3.05) is 12.4 Å². The first-order valence-electron chi connectivity index (χ1n) is 5.79. The van der Waals surface area contributed by atoms with Crippen LogP contribution in [0.3, 0.4) is 0 Å². The summed E-state index contributed by atoms with van der Waals surface area (Å²) in [5, 5.41) is 12.2. The van der Waals surface area contributed by atoms with Gasteiger partial charge in [0.2, 0.25) is 0 Å². The Kier molecular flexibility index (Phi) is 3.81. The zero-order valence-electron chi connectivity index (χ0n) is 11.2. The molecule has 2 N–H and O–H groups in total. The number of anilines is 1. The molecule has 3 nitrogen and oxygen atoms in total. The number of carboxylic acid groups (broad SMARTS) is 1. The number of benzene rings is 1. The van der Waals surface area contributed by atoms with E-state index in [1.165, 1.54) is 5.56 Å². The van der Waals surface area contributed by atoms with Gasteiger partial charge < -0.3 is 10.4 Å². The summed E-state index contributed by atoms with van der Waals surface area (Å²) in [5.74, 6) is -0.767.